The van der Waals surface area contributed by atoms with Crippen molar-refractivity contribution in [3.63, 3.8) is 0 Å². The molecular weight excluding hydrogens is 508 g/mol. The molecule has 214 valence electrons. The summed E-state index contributed by atoms with van der Waals surface area (Å²) < 4.78 is 4.94. The maximum absolute atomic E-state index is 11.3. The smallest absolute Gasteiger partial charge is 0.319 e. The van der Waals surface area contributed by atoms with Gasteiger partial charge in [-0.1, -0.05) is 26.7 Å². The predicted octanol–water partition coefficient (Wildman–Crippen LogP) is 5.62. The summed E-state index contributed by atoms with van der Waals surface area (Å²) in [5, 5.41) is 25.9. The third-order valence-corrected chi connectivity index (χ3v) is 4.77. The van der Waals surface area contributed by atoms with Crippen molar-refractivity contribution < 1.29 is 24.2 Å². The molecular formula is C26H38N6O7. The minimum Gasteiger partial charge on any atom is -0.381 e. The number of non-ortho nitro benzene ring substituents is 2. The average Bonchev–Trinajstić information content (AvgIpc) is 3.51. The molecule has 0 aromatic heterocycles. The second-order valence-electron chi connectivity index (χ2n) is 7.98. The van der Waals surface area contributed by atoms with Gasteiger partial charge in [-0.15, -0.1) is 0 Å². The number of hydrogen-bond donors (Lipinski definition) is 3. The normalized spacial score (nSPS) is 11.1. The molecule has 2 amide bonds. The van der Waals surface area contributed by atoms with Crippen LogP contribution in [0.1, 0.15) is 52.4 Å². The van der Waals surface area contributed by atoms with E-state index in [2.05, 4.69) is 22.5 Å². The largest absolute Gasteiger partial charge is 0.381 e. The van der Waals surface area contributed by atoms with Crippen LogP contribution < -0.4 is 16.4 Å². The zero-order chi connectivity index (χ0) is 29.3. The van der Waals surface area contributed by atoms with Gasteiger partial charge in [0.05, 0.1) is 15.5 Å². The van der Waals surface area contributed by atoms with Gasteiger partial charge in [0.2, 0.25) is 6.08 Å². The molecule has 3 rings (SSSR count). The number of anilines is 1. The van der Waals surface area contributed by atoms with Crippen molar-refractivity contribution >= 4 is 34.9 Å². The Bertz CT molecular complexity index is 976. The summed E-state index contributed by atoms with van der Waals surface area (Å²) in [5.41, 5.74) is 6.00. The average molecular weight is 547 g/mol. The van der Waals surface area contributed by atoms with Gasteiger partial charge in [0.25, 0.3) is 11.4 Å². The van der Waals surface area contributed by atoms with E-state index in [0.717, 1.165) is 32.6 Å². The van der Waals surface area contributed by atoms with E-state index < -0.39 is 9.85 Å². The second-order valence-corrected chi connectivity index (χ2v) is 7.98. The lowest BCUT2D eigenvalue weighted by molar-refractivity contribution is -0.385. The minimum absolute atomic E-state index is 0.00180. The number of unbranched alkanes of at least 4 members (excludes halogenated alkanes) is 2. The fourth-order valence-electron chi connectivity index (χ4n) is 2.64. The molecule has 1 aliphatic rings. The lowest BCUT2D eigenvalue weighted by atomic mass is 10.3. The third-order valence-electron chi connectivity index (χ3n) is 4.77. The number of carbonyl (C=O) groups excluding carboxylic acids is 2. The topological polar surface area (TPSA) is 192 Å². The van der Waals surface area contributed by atoms with Gasteiger partial charge in [0.15, 0.2) is 0 Å². The summed E-state index contributed by atoms with van der Waals surface area (Å²) in [6.45, 7) is 7.63. The van der Waals surface area contributed by atoms with E-state index in [4.69, 9.17) is 10.5 Å². The van der Waals surface area contributed by atoms with Crippen molar-refractivity contribution in [3.8, 4) is 0 Å². The number of benzene rings is 2. The first-order chi connectivity index (χ1) is 18.8. The van der Waals surface area contributed by atoms with Crippen LogP contribution in [0.2, 0.25) is 0 Å². The summed E-state index contributed by atoms with van der Waals surface area (Å²) in [6, 6.07) is 10.7. The molecule has 0 saturated carbocycles. The summed E-state index contributed by atoms with van der Waals surface area (Å²) >= 11 is 0. The molecule has 0 atom stereocenters. The zero-order valence-electron chi connectivity index (χ0n) is 22.5. The Morgan fingerprint density at radius 1 is 0.949 bits per heavy atom. The number of carbonyl (C=O) groups is 1. The first-order valence-corrected chi connectivity index (χ1v) is 12.7. The molecule has 1 fully saturated rings. The Balaban J connectivity index is 0.000000563. The highest BCUT2D eigenvalue weighted by Gasteiger charge is 2.05. The molecule has 0 bridgehead atoms. The summed E-state index contributed by atoms with van der Waals surface area (Å²) in [5.74, 6) is 0. The zero-order valence-corrected chi connectivity index (χ0v) is 22.5. The van der Waals surface area contributed by atoms with Crippen LogP contribution in [0.4, 0.5) is 27.5 Å². The Morgan fingerprint density at radius 3 is 1.82 bits per heavy atom. The van der Waals surface area contributed by atoms with Crippen molar-refractivity contribution in [1.29, 1.82) is 0 Å². The van der Waals surface area contributed by atoms with Crippen LogP contribution >= 0.6 is 0 Å². The van der Waals surface area contributed by atoms with E-state index in [1.54, 1.807) is 0 Å². The van der Waals surface area contributed by atoms with E-state index >= 15 is 0 Å². The van der Waals surface area contributed by atoms with Gasteiger partial charge in [0.1, 0.15) is 0 Å². The van der Waals surface area contributed by atoms with Gasteiger partial charge < -0.3 is 21.1 Å². The molecule has 13 heteroatoms. The molecule has 0 unspecified atom stereocenters. The molecule has 0 aliphatic carbocycles. The van der Waals surface area contributed by atoms with Crippen LogP contribution in [0.5, 0.6) is 0 Å². The van der Waals surface area contributed by atoms with E-state index in [9.17, 15) is 29.8 Å². The second kappa shape index (κ2) is 23.0. The predicted molar refractivity (Wildman–Crippen MR) is 150 cm³/mol. The van der Waals surface area contributed by atoms with Crippen molar-refractivity contribution in [2.75, 3.05) is 31.6 Å². The molecule has 39 heavy (non-hydrogen) atoms. The first kappa shape index (κ1) is 34.8. The quantitative estimate of drug-likeness (QED) is 0.118. The van der Waals surface area contributed by atoms with E-state index in [-0.39, 0.29) is 17.4 Å². The van der Waals surface area contributed by atoms with Gasteiger partial charge in [-0.2, -0.15) is 4.99 Å². The van der Waals surface area contributed by atoms with Crippen LogP contribution in [-0.2, 0) is 9.53 Å². The molecule has 1 aliphatic heterocycles. The van der Waals surface area contributed by atoms with Gasteiger partial charge >= 0.3 is 6.03 Å². The maximum Gasteiger partial charge on any atom is 0.319 e. The number of hydrogen-bond acceptors (Lipinski definition) is 9. The maximum atomic E-state index is 11.3. The van der Waals surface area contributed by atoms with E-state index in [1.807, 2.05) is 6.92 Å². The van der Waals surface area contributed by atoms with Gasteiger partial charge in [0, 0.05) is 49.7 Å². The standard InChI is InChI=1S/C11H15N3O3.C7H4N2O3.C4H11N.C4H8O/c1-2-3-8-12-11(15)13-9-4-6-10(7-5-9)14(16)17;10-5-8-6-1-3-7(4-2-6)9(11)12;1-2-3-4-5;1-2-4-5-3-1/h4-7H,2-3,8H2,1H3,(H2,12,13,15);1-4H;2-5H2,1H3;1-4H2. The lowest BCUT2D eigenvalue weighted by Gasteiger charge is -2.06. The number of urea groups is 1. The minimum atomic E-state index is -0.519. The number of nitro groups is 2. The van der Waals surface area contributed by atoms with Crippen LogP contribution in [0.3, 0.4) is 0 Å². The lowest BCUT2D eigenvalue weighted by Crippen LogP contribution is -2.29. The number of nitrogens with two attached hydrogens (primary N) is 1. The third kappa shape index (κ3) is 18.7. The number of rotatable bonds is 9. The molecule has 13 nitrogen and oxygen atoms in total. The summed E-state index contributed by atoms with van der Waals surface area (Å²) in [7, 11) is 0. The van der Waals surface area contributed by atoms with Crippen molar-refractivity contribution in [1.82, 2.24) is 5.32 Å². The number of nitro benzene ring substituents is 2. The number of nitrogens with zero attached hydrogens (tertiary/aromatic N) is 3. The van der Waals surface area contributed by atoms with E-state index in [0.29, 0.717) is 17.9 Å². The first-order valence-electron chi connectivity index (χ1n) is 12.7. The van der Waals surface area contributed by atoms with Gasteiger partial charge in [-0.3, -0.25) is 20.2 Å². The Kier molecular flexibility index (Phi) is 20.5. The van der Waals surface area contributed by atoms with E-state index in [1.165, 1.54) is 80.3 Å². The van der Waals surface area contributed by atoms with Crippen molar-refractivity contribution in [2.24, 2.45) is 10.7 Å². The SMILES string of the molecule is C1CCOC1.CCCCN.CCCCNC(=O)Nc1ccc([N+](=O)[O-])cc1.O=C=Nc1ccc([N+](=O)[O-])cc1. The highest BCUT2D eigenvalue weighted by atomic mass is 16.6. The van der Waals surface area contributed by atoms with Crippen LogP contribution in [0.25, 0.3) is 0 Å². The van der Waals surface area contributed by atoms with Crippen LogP contribution in [0, 0.1) is 20.2 Å². The van der Waals surface area contributed by atoms with Crippen molar-refractivity contribution in [3.05, 3.63) is 68.8 Å². The molecule has 0 spiro atoms. The fourth-order valence-corrected chi connectivity index (χ4v) is 2.64. The number of aliphatic imine (C=N–C) groups is 1. The Labute approximate surface area is 228 Å². The van der Waals surface area contributed by atoms with Crippen molar-refractivity contribution in [2.45, 2.75) is 52.4 Å². The Morgan fingerprint density at radius 2 is 1.46 bits per heavy atom. The fraction of sp³-hybridized carbons (Fsp3) is 0.462. The Hall–Kier alpha value is -4.19. The van der Waals surface area contributed by atoms with Gasteiger partial charge in [-0.05, 0) is 56.5 Å². The number of ether oxygens (including phenoxy) is 1. The highest BCUT2D eigenvalue weighted by molar-refractivity contribution is 5.89. The van der Waals surface area contributed by atoms with Gasteiger partial charge in [-0.25, -0.2) is 9.59 Å². The number of amides is 2. The molecule has 1 heterocycles. The number of nitrogens with one attached hydrogen (secondary N) is 2. The van der Waals surface area contributed by atoms with Crippen LogP contribution in [-0.4, -0.2) is 48.3 Å². The molecule has 2 aromatic carbocycles. The van der Waals surface area contributed by atoms with Crippen LogP contribution in [0.15, 0.2) is 53.5 Å². The molecule has 1 saturated heterocycles. The summed E-state index contributed by atoms with van der Waals surface area (Å²) in [4.78, 5) is 44.0. The molecule has 4 N–H and O–H groups in total. The highest BCUT2D eigenvalue weighted by Crippen LogP contribution is 2.17. The molecule has 2 aromatic rings. The monoisotopic (exact) mass is 546 g/mol. The summed E-state index contributed by atoms with van der Waals surface area (Å²) in [6.07, 6.45) is 8.21. The molecule has 0 radical (unpaired) electrons. The number of isocyanates is 1.